The molecule has 0 aromatic heterocycles. The molecule has 172 valence electrons. The van der Waals surface area contributed by atoms with E-state index in [0.29, 0.717) is 13.2 Å². The number of fused-ring (bicyclic) bond motifs is 1. The first-order valence-electron chi connectivity index (χ1n) is 11.7. The Kier molecular flexibility index (Phi) is 6.60. The van der Waals surface area contributed by atoms with Crippen LogP contribution in [0.15, 0.2) is 60.7 Å². The first-order chi connectivity index (χ1) is 15.7. The normalized spacial score (nSPS) is 33.8. The summed E-state index contributed by atoms with van der Waals surface area (Å²) in [5.74, 6) is -0.680. The molecule has 1 spiro atoms. The summed E-state index contributed by atoms with van der Waals surface area (Å²) in [6.07, 6.45) is 0.174. The van der Waals surface area contributed by atoms with E-state index in [4.69, 9.17) is 18.9 Å². The lowest BCUT2D eigenvalue weighted by atomic mass is 9.84. The van der Waals surface area contributed by atoms with E-state index in [2.05, 4.69) is 0 Å². The van der Waals surface area contributed by atoms with Crippen LogP contribution in [0.4, 0.5) is 0 Å². The van der Waals surface area contributed by atoms with Crippen molar-refractivity contribution in [2.75, 3.05) is 0 Å². The van der Waals surface area contributed by atoms with Gasteiger partial charge in [-0.05, 0) is 24.0 Å². The molecular weight excluding hydrogens is 408 g/mol. The summed E-state index contributed by atoms with van der Waals surface area (Å²) in [7, 11) is 0. The predicted octanol–water partition coefficient (Wildman–Crippen LogP) is 3.34. The Morgan fingerprint density at radius 2 is 1.12 bits per heavy atom. The molecule has 3 aliphatic rings. The number of benzene rings is 2. The lowest BCUT2D eigenvalue weighted by Gasteiger charge is -2.43. The van der Waals surface area contributed by atoms with Crippen molar-refractivity contribution in [3.8, 4) is 0 Å². The molecule has 6 heteroatoms. The molecule has 0 unspecified atom stereocenters. The molecule has 2 N–H and O–H groups in total. The van der Waals surface area contributed by atoms with Crippen LogP contribution in [0.1, 0.15) is 43.2 Å². The van der Waals surface area contributed by atoms with Gasteiger partial charge in [0.25, 0.3) is 0 Å². The number of ether oxygens (including phenoxy) is 4. The Morgan fingerprint density at radius 1 is 0.688 bits per heavy atom. The number of rotatable bonds is 6. The standard InChI is InChI=1S/C26H32O6/c27-20-21(28)23(30-17-19-12-6-2-7-13-19)25-24(31-26(32-25)14-8-3-9-15-26)22(20)29-16-18-10-4-1-5-11-18/h1-2,4-7,10-13,20-25,27-28H,3,8-9,14-17H2/t20-,21+,22-,23-,24-,25+/m0/s1. The zero-order valence-electron chi connectivity index (χ0n) is 18.2. The first-order valence-corrected chi connectivity index (χ1v) is 11.7. The van der Waals surface area contributed by atoms with Crippen LogP contribution in [-0.2, 0) is 32.2 Å². The monoisotopic (exact) mass is 440 g/mol. The highest BCUT2D eigenvalue weighted by atomic mass is 16.8. The third-order valence-corrected chi connectivity index (χ3v) is 6.88. The Bertz CT molecular complexity index is 788. The van der Waals surface area contributed by atoms with E-state index in [0.717, 1.165) is 43.2 Å². The van der Waals surface area contributed by atoms with Gasteiger partial charge in [0.05, 0.1) is 13.2 Å². The Hall–Kier alpha value is -1.80. The molecule has 6 atom stereocenters. The van der Waals surface area contributed by atoms with E-state index in [1.807, 2.05) is 60.7 Å². The minimum Gasteiger partial charge on any atom is -0.387 e. The lowest BCUT2D eigenvalue weighted by Crippen LogP contribution is -2.63. The Labute approximate surface area is 189 Å². The van der Waals surface area contributed by atoms with Gasteiger partial charge in [-0.1, -0.05) is 67.1 Å². The molecule has 5 rings (SSSR count). The van der Waals surface area contributed by atoms with Crippen LogP contribution in [0.2, 0.25) is 0 Å². The van der Waals surface area contributed by atoms with Crippen LogP contribution in [0.5, 0.6) is 0 Å². The maximum absolute atomic E-state index is 11.0. The van der Waals surface area contributed by atoms with Crippen molar-refractivity contribution >= 4 is 0 Å². The van der Waals surface area contributed by atoms with Gasteiger partial charge in [-0.3, -0.25) is 0 Å². The second-order valence-electron chi connectivity index (χ2n) is 9.14. The van der Waals surface area contributed by atoms with Crippen molar-refractivity contribution in [3.05, 3.63) is 71.8 Å². The fraction of sp³-hybridized carbons (Fsp3) is 0.538. The van der Waals surface area contributed by atoms with E-state index < -0.39 is 42.4 Å². The van der Waals surface area contributed by atoms with Gasteiger partial charge in [-0.25, -0.2) is 0 Å². The number of aliphatic hydroxyl groups excluding tert-OH is 2. The second-order valence-corrected chi connectivity index (χ2v) is 9.14. The van der Waals surface area contributed by atoms with Crippen molar-refractivity contribution in [1.82, 2.24) is 0 Å². The Balaban J connectivity index is 1.36. The third kappa shape index (κ3) is 4.49. The summed E-state index contributed by atoms with van der Waals surface area (Å²) in [6.45, 7) is 0.648. The molecular formula is C26H32O6. The SMILES string of the molecule is O[C@@H]1[C@H](O)[C@H](OCc2ccccc2)[C@@H]2OC3(CCCCC3)O[C@@H]2[C@H]1OCc1ccccc1. The van der Waals surface area contributed by atoms with E-state index >= 15 is 0 Å². The highest BCUT2D eigenvalue weighted by Gasteiger charge is 2.61. The molecule has 32 heavy (non-hydrogen) atoms. The molecule has 2 aliphatic carbocycles. The zero-order valence-corrected chi connectivity index (χ0v) is 18.2. The van der Waals surface area contributed by atoms with E-state index in [1.54, 1.807) is 0 Å². The lowest BCUT2D eigenvalue weighted by molar-refractivity contribution is -0.223. The average molecular weight is 441 g/mol. The topological polar surface area (TPSA) is 77.4 Å². The van der Waals surface area contributed by atoms with Crippen LogP contribution < -0.4 is 0 Å². The molecule has 1 heterocycles. The maximum atomic E-state index is 11.0. The van der Waals surface area contributed by atoms with Gasteiger partial charge in [0.1, 0.15) is 36.6 Å². The molecule has 2 aromatic rings. The summed E-state index contributed by atoms with van der Waals surface area (Å²) in [5.41, 5.74) is 2.00. The van der Waals surface area contributed by atoms with Crippen LogP contribution in [0.3, 0.4) is 0 Å². The quantitative estimate of drug-likeness (QED) is 0.718. The minimum atomic E-state index is -1.14. The summed E-state index contributed by atoms with van der Waals surface area (Å²) in [6, 6.07) is 19.6. The van der Waals surface area contributed by atoms with E-state index in [-0.39, 0.29) is 0 Å². The van der Waals surface area contributed by atoms with Crippen LogP contribution >= 0.6 is 0 Å². The third-order valence-electron chi connectivity index (χ3n) is 6.88. The van der Waals surface area contributed by atoms with Crippen molar-refractivity contribution < 1.29 is 29.2 Å². The predicted molar refractivity (Wildman–Crippen MR) is 118 cm³/mol. The second kappa shape index (κ2) is 9.59. The molecule has 1 aliphatic heterocycles. The van der Waals surface area contributed by atoms with Crippen molar-refractivity contribution in [2.45, 2.75) is 87.7 Å². The summed E-state index contributed by atoms with van der Waals surface area (Å²) in [4.78, 5) is 0. The number of hydrogen-bond acceptors (Lipinski definition) is 6. The van der Waals surface area contributed by atoms with E-state index in [1.165, 1.54) is 0 Å². The number of aliphatic hydroxyl groups is 2. The minimum absolute atomic E-state index is 0.324. The van der Waals surface area contributed by atoms with Gasteiger partial charge in [0.2, 0.25) is 0 Å². The van der Waals surface area contributed by atoms with E-state index in [9.17, 15) is 10.2 Å². The van der Waals surface area contributed by atoms with Crippen LogP contribution in [0, 0.1) is 0 Å². The summed E-state index contributed by atoms with van der Waals surface area (Å²) in [5, 5.41) is 22.1. The summed E-state index contributed by atoms with van der Waals surface area (Å²) >= 11 is 0. The fourth-order valence-corrected chi connectivity index (χ4v) is 5.19. The highest BCUT2D eigenvalue weighted by Crippen LogP contribution is 2.46. The van der Waals surface area contributed by atoms with Crippen molar-refractivity contribution in [3.63, 3.8) is 0 Å². The molecule has 1 saturated heterocycles. The molecule has 0 radical (unpaired) electrons. The smallest absolute Gasteiger partial charge is 0.169 e. The Morgan fingerprint density at radius 3 is 1.56 bits per heavy atom. The molecule has 0 bridgehead atoms. The largest absolute Gasteiger partial charge is 0.387 e. The number of hydrogen-bond donors (Lipinski definition) is 2. The highest BCUT2D eigenvalue weighted by molar-refractivity contribution is 5.15. The molecule has 0 amide bonds. The molecule has 2 aromatic carbocycles. The van der Waals surface area contributed by atoms with Gasteiger partial charge < -0.3 is 29.2 Å². The van der Waals surface area contributed by atoms with Gasteiger partial charge in [-0.2, -0.15) is 0 Å². The van der Waals surface area contributed by atoms with Gasteiger partial charge in [0, 0.05) is 12.8 Å². The van der Waals surface area contributed by atoms with Crippen molar-refractivity contribution in [2.24, 2.45) is 0 Å². The van der Waals surface area contributed by atoms with Gasteiger partial charge in [0.15, 0.2) is 5.79 Å². The maximum Gasteiger partial charge on any atom is 0.169 e. The zero-order chi connectivity index (χ0) is 22.0. The van der Waals surface area contributed by atoms with Crippen LogP contribution in [-0.4, -0.2) is 52.6 Å². The van der Waals surface area contributed by atoms with Crippen LogP contribution in [0.25, 0.3) is 0 Å². The average Bonchev–Trinajstić information content (AvgIpc) is 3.19. The fourth-order valence-electron chi connectivity index (χ4n) is 5.19. The van der Waals surface area contributed by atoms with Gasteiger partial charge in [-0.15, -0.1) is 0 Å². The van der Waals surface area contributed by atoms with Crippen molar-refractivity contribution in [1.29, 1.82) is 0 Å². The summed E-state index contributed by atoms with van der Waals surface area (Å²) < 4.78 is 25.3. The first kappa shape index (κ1) is 22.0. The molecule has 3 fully saturated rings. The molecule has 2 saturated carbocycles. The van der Waals surface area contributed by atoms with Gasteiger partial charge >= 0.3 is 0 Å². The molecule has 6 nitrogen and oxygen atoms in total.